The van der Waals surface area contributed by atoms with E-state index in [9.17, 15) is 22.8 Å². The molecule has 8 heteroatoms. The summed E-state index contributed by atoms with van der Waals surface area (Å²) in [6, 6.07) is 11.2. The SMILES string of the molecule is O=C1CN(Cc2ccc3c(c2)C(=O)c2ccccc2C3=O)S(=O)(=O)N1. The zero-order valence-electron chi connectivity index (χ0n) is 12.9. The lowest BCUT2D eigenvalue weighted by Crippen LogP contribution is -2.29. The first-order chi connectivity index (χ1) is 11.9. The van der Waals surface area contributed by atoms with E-state index >= 15 is 0 Å². The first-order valence-corrected chi connectivity index (χ1v) is 8.93. The van der Waals surface area contributed by atoms with Crippen molar-refractivity contribution in [2.45, 2.75) is 6.54 Å². The largest absolute Gasteiger partial charge is 0.304 e. The van der Waals surface area contributed by atoms with Crippen molar-refractivity contribution in [1.82, 2.24) is 9.03 Å². The van der Waals surface area contributed by atoms with Gasteiger partial charge in [0.1, 0.15) is 0 Å². The molecular formula is C17H12N2O5S. The third-order valence-electron chi connectivity index (χ3n) is 4.25. The van der Waals surface area contributed by atoms with Gasteiger partial charge in [0.25, 0.3) is 0 Å². The number of amides is 1. The Hall–Kier alpha value is -2.84. The fourth-order valence-corrected chi connectivity index (χ4v) is 4.16. The summed E-state index contributed by atoms with van der Waals surface area (Å²) in [7, 11) is -3.85. The van der Waals surface area contributed by atoms with E-state index in [0.29, 0.717) is 22.3 Å². The molecule has 4 rings (SSSR count). The summed E-state index contributed by atoms with van der Waals surface area (Å²) >= 11 is 0. The van der Waals surface area contributed by atoms with Crippen molar-refractivity contribution in [3.05, 3.63) is 70.3 Å². The van der Waals surface area contributed by atoms with Gasteiger partial charge in [0, 0.05) is 28.8 Å². The fraction of sp³-hybridized carbons (Fsp3) is 0.118. The summed E-state index contributed by atoms with van der Waals surface area (Å²) in [5.74, 6) is -1.11. The number of hydrogen-bond acceptors (Lipinski definition) is 5. The zero-order chi connectivity index (χ0) is 17.8. The zero-order valence-corrected chi connectivity index (χ0v) is 13.7. The molecule has 0 atom stereocenters. The van der Waals surface area contributed by atoms with Gasteiger partial charge in [-0.3, -0.25) is 14.4 Å². The molecule has 1 fully saturated rings. The van der Waals surface area contributed by atoms with Crippen LogP contribution in [0.1, 0.15) is 37.4 Å². The lowest BCUT2D eigenvalue weighted by atomic mass is 9.83. The molecule has 1 aliphatic carbocycles. The van der Waals surface area contributed by atoms with Crippen molar-refractivity contribution in [2.24, 2.45) is 0 Å². The van der Waals surface area contributed by atoms with Crippen molar-refractivity contribution < 1.29 is 22.8 Å². The van der Waals surface area contributed by atoms with Gasteiger partial charge in [0.2, 0.25) is 5.91 Å². The van der Waals surface area contributed by atoms with Crippen LogP contribution in [0.25, 0.3) is 0 Å². The Balaban J connectivity index is 1.72. The number of rotatable bonds is 2. The Labute approximate surface area is 143 Å². The standard InChI is InChI=1S/C17H12N2O5S/c20-15-9-19(25(23,24)18-15)8-10-5-6-13-14(7-10)17(22)12-4-2-1-3-11(12)16(13)21/h1-7H,8-9H2,(H,18,20). The number of hydrogen-bond donors (Lipinski definition) is 1. The summed E-state index contributed by atoms with van der Waals surface area (Å²) in [4.78, 5) is 36.5. The van der Waals surface area contributed by atoms with Gasteiger partial charge in [-0.25, -0.2) is 4.72 Å². The average molecular weight is 356 g/mol. The monoisotopic (exact) mass is 356 g/mol. The molecule has 0 bridgehead atoms. The maximum atomic E-state index is 12.7. The molecule has 0 unspecified atom stereocenters. The molecule has 1 aliphatic heterocycles. The topological polar surface area (TPSA) is 101 Å². The van der Waals surface area contributed by atoms with Gasteiger partial charge in [-0.2, -0.15) is 12.7 Å². The second-order valence-electron chi connectivity index (χ2n) is 5.88. The van der Waals surface area contributed by atoms with E-state index in [0.717, 1.165) is 4.31 Å². The average Bonchev–Trinajstić information content (AvgIpc) is 2.84. The van der Waals surface area contributed by atoms with E-state index in [1.165, 1.54) is 12.1 Å². The highest BCUT2D eigenvalue weighted by Gasteiger charge is 2.34. The summed E-state index contributed by atoms with van der Waals surface area (Å²) < 4.78 is 26.5. The third-order valence-corrected chi connectivity index (χ3v) is 5.67. The Morgan fingerprint density at radius 1 is 0.880 bits per heavy atom. The molecule has 0 radical (unpaired) electrons. The van der Waals surface area contributed by atoms with E-state index in [2.05, 4.69) is 0 Å². The van der Waals surface area contributed by atoms with Gasteiger partial charge >= 0.3 is 10.2 Å². The summed E-state index contributed by atoms with van der Waals surface area (Å²) in [5, 5.41) is 0. The lowest BCUT2D eigenvalue weighted by Gasteiger charge is -2.19. The van der Waals surface area contributed by atoms with Crippen LogP contribution in [0.5, 0.6) is 0 Å². The van der Waals surface area contributed by atoms with Crippen LogP contribution in [0.2, 0.25) is 0 Å². The van der Waals surface area contributed by atoms with Gasteiger partial charge in [-0.15, -0.1) is 0 Å². The van der Waals surface area contributed by atoms with E-state index < -0.39 is 16.1 Å². The van der Waals surface area contributed by atoms with Crippen LogP contribution in [0.15, 0.2) is 42.5 Å². The molecule has 1 saturated heterocycles. The smallest absolute Gasteiger partial charge is 0.289 e. The minimum absolute atomic E-state index is 0.0581. The molecule has 2 aliphatic rings. The molecule has 0 spiro atoms. The lowest BCUT2D eigenvalue weighted by molar-refractivity contribution is -0.118. The molecule has 126 valence electrons. The van der Waals surface area contributed by atoms with Crippen LogP contribution in [0.4, 0.5) is 0 Å². The van der Waals surface area contributed by atoms with Gasteiger partial charge < -0.3 is 0 Å². The van der Waals surface area contributed by atoms with Gasteiger partial charge in [0.15, 0.2) is 11.6 Å². The summed E-state index contributed by atoms with van der Waals surface area (Å²) in [5.41, 5.74) is 1.77. The van der Waals surface area contributed by atoms with E-state index in [1.54, 1.807) is 30.3 Å². The quantitative estimate of drug-likeness (QED) is 0.726. The molecular weight excluding hydrogens is 344 g/mol. The van der Waals surface area contributed by atoms with Crippen molar-refractivity contribution in [3.63, 3.8) is 0 Å². The number of nitrogens with zero attached hydrogens (tertiary/aromatic N) is 1. The van der Waals surface area contributed by atoms with Crippen molar-refractivity contribution in [3.8, 4) is 0 Å². The van der Waals surface area contributed by atoms with Crippen molar-refractivity contribution in [1.29, 1.82) is 0 Å². The highest BCUT2D eigenvalue weighted by atomic mass is 32.2. The molecule has 0 saturated carbocycles. The fourth-order valence-electron chi connectivity index (χ4n) is 3.08. The number of fused-ring (bicyclic) bond motifs is 2. The number of ketones is 2. The molecule has 2 aromatic rings. The van der Waals surface area contributed by atoms with E-state index in [4.69, 9.17) is 0 Å². The number of nitrogens with one attached hydrogen (secondary N) is 1. The van der Waals surface area contributed by atoms with Crippen LogP contribution >= 0.6 is 0 Å². The van der Waals surface area contributed by atoms with Gasteiger partial charge in [-0.1, -0.05) is 30.3 Å². The number of carbonyl (C=O) groups is 3. The second-order valence-corrected chi connectivity index (χ2v) is 7.55. The maximum Gasteiger partial charge on any atom is 0.304 e. The minimum atomic E-state index is -3.85. The minimum Gasteiger partial charge on any atom is -0.289 e. The summed E-state index contributed by atoms with van der Waals surface area (Å²) in [6.45, 7) is -0.327. The Bertz CT molecular complexity index is 1060. The van der Waals surface area contributed by atoms with Crippen LogP contribution in [-0.4, -0.2) is 36.7 Å². The summed E-state index contributed by atoms with van der Waals surface area (Å²) in [6.07, 6.45) is 0. The molecule has 1 amide bonds. The molecule has 1 N–H and O–H groups in total. The van der Waals surface area contributed by atoms with Gasteiger partial charge in [-0.05, 0) is 17.7 Å². The third kappa shape index (κ3) is 2.46. The predicted octanol–water partition coefficient (Wildman–Crippen LogP) is 0.639. The van der Waals surface area contributed by atoms with Crippen LogP contribution in [-0.2, 0) is 21.5 Å². The molecule has 1 heterocycles. The number of benzene rings is 2. The Kier molecular flexibility index (Phi) is 3.34. The predicted molar refractivity (Wildman–Crippen MR) is 87.2 cm³/mol. The van der Waals surface area contributed by atoms with Crippen molar-refractivity contribution in [2.75, 3.05) is 6.54 Å². The highest BCUT2D eigenvalue weighted by Crippen LogP contribution is 2.28. The van der Waals surface area contributed by atoms with E-state index in [-0.39, 0.29) is 30.2 Å². The van der Waals surface area contributed by atoms with E-state index in [1.807, 2.05) is 4.72 Å². The van der Waals surface area contributed by atoms with Crippen LogP contribution < -0.4 is 4.72 Å². The molecule has 7 nitrogen and oxygen atoms in total. The Morgan fingerprint density at radius 2 is 1.48 bits per heavy atom. The molecule has 2 aromatic carbocycles. The molecule has 0 aromatic heterocycles. The van der Waals surface area contributed by atoms with Crippen LogP contribution in [0, 0.1) is 0 Å². The van der Waals surface area contributed by atoms with Crippen LogP contribution in [0.3, 0.4) is 0 Å². The Morgan fingerprint density at radius 3 is 2.08 bits per heavy atom. The second kappa shape index (κ2) is 5.33. The highest BCUT2D eigenvalue weighted by molar-refractivity contribution is 7.88. The first kappa shape index (κ1) is 15.7. The maximum absolute atomic E-state index is 12.7. The molecule has 25 heavy (non-hydrogen) atoms. The van der Waals surface area contributed by atoms with Gasteiger partial charge in [0.05, 0.1) is 6.54 Å². The normalized spacial score (nSPS) is 18.6. The number of carbonyl (C=O) groups excluding carboxylic acids is 3. The first-order valence-electron chi connectivity index (χ1n) is 7.49. The van der Waals surface area contributed by atoms with Crippen molar-refractivity contribution >= 4 is 27.7 Å².